The molecule has 0 aromatic heterocycles. The lowest BCUT2D eigenvalue weighted by molar-refractivity contribution is -0.136. The average Bonchev–Trinajstić information content (AvgIpc) is 2.78. The molecule has 2 N–H and O–H groups in total. The molecule has 1 aliphatic rings. The van der Waals surface area contributed by atoms with Crippen molar-refractivity contribution in [2.75, 3.05) is 33.7 Å². The first-order valence-electron chi connectivity index (χ1n) is 11.5. The highest BCUT2D eigenvalue weighted by atomic mass is 127. The molecule has 1 saturated heterocycles. The van der Waals surface area contributed by atoms with Crippen LogP contribution in [0.15, 0.2) is 35.3 Å². The van der Waals surface area contributed by atoms with Crippen LogP contribution in [0.4, 0.5) is 0 Å². The van der Waals surface area contributed by atoms with Crippen molar-refractivity contribution < 1.29 is 9.59 Å². The number of nitrogens with one attached hydrogen (secondary N) is 2. The van der Waals surface area contributed by atoms with Crippen molar-refractivity contribution in [2.45, 2.75) is 58.5 Å². The molecule has 1 unspecified atom stereocenters. The molecule has 1 fully saturated rings. The number of hydrogen-bond acceptors (Lipinski definition) is 3. The molecule has 180 valence electrons. The monoisotopic (exact) mass is 557 g/mol. The number of hydrogen-bond donors (Lipinski definition) is 2. The number of halogens is 1. The van der Waals surface area contributed by atoms with Crippen molar-refractivity contribution >= 4 is 41.8 Å². The van der Waals surface area contributed by atoms with Gasteiger partial charge in [0.1, 0.15) is 6.54 Å². The van der Waals surface area contributed by atoms with Crippen LogP contribution in [0.25, 0.3) is 0 Å². The number of amides is 2. The van der Waals surface area contributed by atoms with Gasteiger partial charge in [-0.1, -0.05) is 44.2 Å². The Morgan fingerprint density at radius 1 is 1.12 bits per heavy atom. The van der Waals surface area contributed by atoms with E-state index < -0.39 is 0 Å². The average molecular weight is 558 g/mol. The summed E-state index contributed by atoms with van der Waals surface area (Å²) in [5, 5.41) is 6.93. The normalized spacial score (nSPS) is 15.7. The number of carbonyl (C=O) groups excluding carboxylic acids is 2. The van der Waals surface area contributed by atoms with Gasteiger partial charge >= 0.3 is 0 Å². The third-order valence-corrected chi connectivity index (χ3v) is 6.01. The van der Waals surface area contributed by atoms with Crippen LogP contribution >= 0.6 is 24.0 Å². The molecule has 7 nitrogen and oxygen atoms in total. The number of aliphatic imine (C=N–C) groups is 1. The fourth-order valence-electron chi connectivity index (χ4n) is 3.78. The second-order valence-corrected chi connectivity index (χ2v) is 8.49. The molecule has 1 aromatic rings. The fourth-order valence-corrected chi connectivity index (χ4v) is 3.78. The van der Waals surface area contributed by atoms with Gasteiger partial charge in [-0.05, 0) is 38.2 Å². The molecule has 1 aromatic carbocycles. The minimum Gasteiger partial charge on any atom is -0.354 e. The Kier molecular flexibility index (Phi) is 12.6. The van der Waals surface area contributed by atoms with Crippen LogP contribution in [0, 0.1) is 5.92 Å². The Morgan fingerprint density at radius 2 is 1.72 bits per heavy atom. The van der Waals surface area contributed by atoms with Crippen molar-refractivity contribution in [3.8, 4) is 0 Å². The fraction of sp³-hybridized carbons (Fsp3) is 0.625. The third kappa shape index (κ3) is 8.60. The van der Waals surface area contributed by atoms with E-state index in [0.717, 1.165) is 44.3 Å². The molecule has 1 atom stereocenters. The van der Waals surface area contributed by atoms with Crippen molar-refractivity contribution in [2.24, 2.45) is 10.9 Å². The minimum atomic E-state index is -0.0425. The van der Waals surface area contributed by atoms with Gasteiger partial charge in [0, 0.05) is 39.1 Å². The van der Waals surface area contributed by atoms with E-state index in [9.17, 15) is 9.59 Å². The van der Waals surface area contributed by atoms with Crippen molar-refractivity contribution in [3.63, 3.8) is 0 Å². The Hall–Kier alpha value is -1.84. The lowest BCUT2D eigenvalue weighted by Gasteiger charge is -2.35. The maximum Gasteiger partial charge on any atom is 0.243 e. The van der Waals surface area contributed by atoms with Crippen LogP contribution in [0.3, 0.4) is 0 Å². The van der Waals surface area contributed by atoms with Crippen LogP contribution in [0.2, 0.25) is 0 Å². The summed E-state index contributed by atoms with van der Waals surface area (Å²) in [6, 6.07) is 10.4. The van der Waals surface area contributed by atoms with E-state index in [0.29, 0.717) is 5.96 Å². The lowest BCUT2D eigenvalue weighted by atomic mass is 9.98. The zero-order valence-electron chi connectivity index (χ0n) is 20.1. The quantitative estimate of drug-likeness (QED) is 0.292. The zero-order valence-corrected chi connectivity index (χ0v) is 22.5. The molecule has 0 bridgehead atoms. The van der Waals surface area contributed by atoms with Crippen molar-refractivity contribution in [3.05, 3.63) is 35.9 Å². The molecular formula is C24H40IN5O2. The molecule has 1 heterocycles. The number of piperidine rings is 1. The van der Waals surface area contributed by atoms with Crippen LogP contribution < -0.4 is 10.6 Å². The van der Waals surface area contributed by atoms with E-state index in [1.54, 1.807) is 19.0 Å². The van der Waals surface area contributed by atoms with Crippen LogP contribution in [-0.2, 0) is 9.59 Å². The molecular weight excluding hydrogens is 517 g/mol. The maximum absolute atomic E-state index is 12.7. The summed E-state index contributed by atoms with van der Waals surface area (Å²) in [7, 11) is 3.47. The predicted molar refractivity (Wildman–Crippen MR) is 141 cm³/mol. The van der Waals surface area contributed by atoms with E-state index >= 15 is 0 Å². The predicted octanol–water partition coefficient (Wildman–Crippen LogP) is 3.42. The molecule has 32 heavy (non-hydrogen) atoms. The number of likely N-dealkylation sites (tertiary alicyclic amines) is 1. The van der Waals surface area contributed by atoms with E-state index in [4.69, 9.17) is 0 Å². The van der Waals surface area contributed by atoms with Gasteiger partial charge in [-0.15, -0.1) is 24.0 Å². The molecule has 0 radical (unpaired) electrons. The summed E-state index contributed by atoms with van der Waals surface area (Å²) in [4.78, 5) is 32.8. The minimum absolute atomic E-state index is 0. The molecule has 0 aliphatic carbocycles. The highest BCUT2D eigenvalue weighted by Crippen LogP contribution is 2.18. The number of carbonyl (C=O) groups is 2. The van der Waals surface area contributed by atoms with Crippen molar-refractivity contribution in [1.82, 2.24) is 20.4 Å². The molecule has 8 heteroatoms. The highest BCUT2D eigenvalue weighted by molar-refractivity contribution is 14.0. The molecule has 2 amide bonds. The highest BCUT2D eigenvalue weighted by Gasteiger charge is 2.27. The first-order chi connectivity index (χ1) is 14.8. The second-order valence-electron chi connectivity index (χ2n) is 8.49. The standard InChI is InChI=1S/C24H39N5O2.HI/c1-6-19(7-2)23(31)29-15-13-21(14-16-29)27-24(25-17-22(30)28(4)5)26-18(3)20-11-9-8-10-12-20;/h8-12,18-19,21H,6-7,13-17H2,1-5H3,(H2,25,26,27);1H. The van der Waals surface area contributed by atoms with E-state index in [1.165, 1.54) is 0 Å². The van der Waals surface area contributed by atoms with Gasteiger partial charge in [0.15, 0.2) is 5.96 Å². The Balaban J connectivity index is 0.00000512. The third-order valence-electron chi connectivity index (χ3n) is 6.01. The van der Waals surface area contributed by atoms with Gasteiger partial charge in [-0.25, -0.2) is 4.99 Å². The summed E-state index contributed by atoms with van der Waals surface area (Å²) in [5.74, 6) is 1.01. The molecule has 0 saturated carbocycles. The number of likely N-dealkylation sites (N-methyl/N-ethyl adjacent to an activating group) is 1. The van der Waals surface area contributed by atoms with Gasteiger partial charge in [0.05, 0.1) is 6.04 Å². The van der Waals surface area contributed by atoms with Crippen molar-refractivity contribution in [1.29, 1.82) is 0 Å². The van der Waals surface area contributed by atoms with Gasteiger partial charge in [-0.3, -0.25) is 9.59 Å². The molecule has 0 spiro atoms. The smallest absolute Gasteiger partial charge is 0.243 e. The Bertz CT molecular complexity index is 729. The number of nitrogens with zero attached hydrogens (tertiary/aromatic N) is 3. The van der Waals surface area contributed by atoms with E-state index in [1.807, 2.05) is 23.1 Å². The summed E-state index contributed by atoms with van der Waals surface area (Å²) >= 11 is 0. The maximum atomic E-state index is 12.7. The van der Waals surface area contributed by atoms with E-state index in [-0.39, 0.29) is 60.3 Å². The second kappa shape index (κ2) is 14.3. The van der Waals surface area contributed by atoms with Crippen LogP contribution in [0.5, 0.6) is 0 Å². The topological polar surface area (TPSA) is 77.0 Å². The largest absolute Gasteiger partial charge is 0.354 e. The summed E-state index contributed by atoms with van der Waals surface area (Å²) in [6.45, 7) is 7.85. The van der Waals surface area contributed by atoms with Gasteiger partial charge in [0.2, 0.25) is 11.8 Å². The zero-order chi connectivity index (χ0) is 22.8. The lowest BCUT2D eigenvalue weighted by Crippen LogP contribution is -2.51. The first kappa shape index (κ1) is 28.2. The Labute approximate surface area is 210 Å². The first-order valence-corrected chi connectivity index (χ1v) is 11.5. The van der Waals surface area contributed by atoms with Gasteiger partial charge in [-0.2, -0.15) is 0 Å². The van der Waals surface area contributed by atoms with Gasteiger partial charge in [0.25, 0.3) is 0 Å². The summed E-state index contributed by atoms with van der Waals surface area (Å²) in [5.41, 5.74) is 1.15. The molecule has 1 aliphatic heterocycles. The SMILES string of the molecule is CCC(CC)C(=O)N1CCC(NC(=NCC(=O)N(C)C)NC(C)c2ccccc2)CC1.I. The summed E-state index contributed by atoms with van der Waals surface area (Å²) < 4.78 is 0. The number of rotatable bonds is 8. The van der Waals surface area contributed by atoms with Crippen LogP contribution in [-0.4, -0.2) is 67.3 Å². The molecule has 2 rings (SSSR count). The van der Waals surface area contributed by atoms with Gasteiger partial charge < -0.3 is 20.4 Å². The number of benzene rings is 1. The van der Waals surface area contributed by atoms with Crippen LogP contribution in [0.1, 0.15) is 58.1 Å². The van der Waals surface area contributed by atoms with E-state index in [2.05, 4.69) is 48.5 Å². The summed E-state index contributed by atoms with van der Waals surface area (Å²) in [6.07, 6.45) is 3.53. The number of guanidine groups is 1. The Morgan fingerprint density at radius 3 is 2.25 bits per heavy atom.